The van der Waals surface area contributed by atoms with Crippen LogP contribution in [0.5, 0.6) is 0 Å². The van der Waals surface area contributed by atoms with E-state index in [1.54, 1.807) is 25.1 Å². The molecule has 0 saturated heterocycles. The highest BCUT2D eigenvalue weighted by Gasteiger charge is 2.28. The van der Waals surface area contributed by atoms with Gasteiger partial charge in [-0.2, -0.15) is 0 Å². The molecule has 390 valence electrons. The molecule has 1 amide bonds. The van der Waals surface area contributed by atoms with Crippen molar-refractivity contribution in [2.75, 3.05) is 20.2 Å². The number of aromatic carboxylic acids is 1. The predicted octanol–water partition coefficient (Wildman–Crippen LogP) is 10.3. The van der Waals surface area contributed by atoms with Crippen LogP contribution in [-0.2, 0) is 53.3 Å². The normalized spacial score (nSPS) is 13.5. The third kappa shape index (κ3) is 12.0. The van der Waals surface area contributed by atoms with Crippen LogP contribution in [0.3, 0.4) is 0 Å². The summed E-state index contributed by atoms with van der Waals surface area (Å²) in [5.74, 6) is -2.30. The van der Waals surface area contributed by atoms with E-state index < -0.39 is 11.9 Å². The van der Waals surface area contributed by atoms with Gasteiger partial charge in [-0.15, -0.1) is 10.2 Å². The molecule has 15 nitrogen and oxygen atoms in total. The van der Waals surface area contributed by atoms with E-state index in [-0.39, 0.29) is 37.6 Å². The van der Waals surface area contributed by atoms with Gasteiger partial charge in [-0.05, 0) is 152 Å². The number of carboxylic acid groups (broad SMARTS) is 2. The molecule has 8 aromatic rings. The standard InChI is InChI=1S/C29H30N4O3.C22H26N4O2.C8H8O2.CH4/c1-4-33-26-12-11-24(19(3)28(26)30-31-33)25(16-27(34)35)21-10-9-20-13-14-32(17-22(20)15-21)29(36)23-8-6-5-7-18(23)2;1-4-26-20-8-7-18(14(2)22(20)24-25-26)19(12-21(27)28-3)16-6-5-15-9-10-23-13-17(15)11-16;1-6-4-2-3-5-7(6)8(9)10;/h5-12,15,25H,4,13-14,16-17H2,1-3H3,(H,34,35);5-8,11,19,23H,4,9-10,12-13H2,1-3H3;2-5H,1H3,(H,9,10);1H4. The van der Waals surface area contributed by atoms with Crippen molar-refractivity contribution in [1.82, 2.24) is 40.2 Å². The molecule has 10 rings (SSSR count). The number of aryl methyl sites for hydroxylation is 6. The Morgan fingerprint density at radius 3 is 1.67 bits per heavy atom. The van der Waals surface area contributed by atoms with Crippen molar-refractivity contribution in [3.8, 4) is 0 Å². The van der Waals surface area contributed by atoms with Crippen LogP contribution in [0.25, 0.3) is 22.1 Å². The number of ether oxygens (including phenoxy) is 1. The van der Waals surface area contributed by atoms with E-state index in [9.17, 15) is 24.3 Å². The SMILES string of the molecule is C.CCn1nnc2c(C)c(C(CC(=O)O)c3ccc4c(c3)CN(C(=O)c3ccccc3C)CC4)ccc21.CCn1nnc2c(C)c(C(CC(=O)OC)c3ccc4c(c3)CNCC4)ccc21.Cc1ccccc1C(=O)O. The zero-order valence-corrected chi connectivity index (χ0v) is 43.2. The first-order valence-electron chi connectivity index (χ1n) is 25.2. The number of carbonyl (C=O) groups excluding carboxylic acids is 2. The number of nitrogens with zero attached hydrogens (tertiary/aromatic N) is 7. The van der Waals surface area contributed by atoms with Crippen LogP contribution >= 0.6 is 0 Å². The lowest BCUT2D eigenvalue weighted by Gasteiger charge is -2.30. The zero-order chi connectivity index (χ0) is 52.6. The number of hydrogen-bond acceptors (Lipinski definition) is 10. The van der Waals surface area contributed by atoms with E-state index in [0.717, 1.165) is 117 Å². The number of aliphatic carboxylic acids is 1. The summed E-state index contributed by atoms with van der Waals surface area (Å²) in [5.41, 5.74) is 17.7. The van der Waals surface area contributed by atoms with Gasteiger partial charge in [0.2, 0.25) is 0 Å². The average molecular weight is 1010 g/mol. The molecule has 15 heteroatoms. The van der Waals surface area contributed by atoms with Gasteiger partial charge in [0.1, 0.15) is 11.0 Å². The highest BCUT2D eigenvalue weighted by molar-refractivity contribution is 5.96. The van der Waals surface area contributed by atoms with Crippen LogP contribution < -0.4 is 5.32 Å². The van der Waals surface area contributed by atoms with Crippen LogP contribution in [0.4, 0.5) is 0 Å². The Kier molecular flexibility index (Phi) is 17.8. The minimum absolute atomic E-state index is 0. The summed E-state index contributed by atoms with van der Waals surface area (Å²) >= 11 is 0. The third-order valence-corrected chi connectivity index (χ3v) is 14.5. The van der Waals surface area contributed by atoms with Crippen molar-refractivity contribution in [1.29, 1.82) is 0 Å². The maximum Gasteiger partial charge on any atom is 0.335 e. The number of hydrogen-bond donors (Lipinski definition) is 3. The van der Waals surface area contributed by atoms with Crippen molar-refractivity contribution in [3.05, 3.63) is 187 Å². The van der Waals surface area contributed by atoms with E-state index in [4.69, 9.17) is 9.84 Å². The molecule has 0 spiro atoms. The first-order chi connectivity index (χ1) is 35.7. The van der Waals surface area contributed by atoms with Gasteiger partial charge in [-0.25, -0.2) is 14.2 Å². The molecule has 0 fully saturated rings. The van der Waals surface area contributed by atoms with Crippen LogP contribution in [0.2, 0.25) is 0 Å². The molecule has 6 aromatic carbocycles. The maximum absolute atomic E-state index is 13.2. The number of aromatic nitrogens is 6. The van der Waals surface area contributed by atoms with Crippen LogP contribution in [0, 0.1) is 27.7 Å². The Hall–Kier alpha value is -8.04. The Morgan fingerprint density at radius 1 is 0.640 bits per heavy atom. The summed E-state index contributed by atoms with van der Waals surface area (Å²) in [4.78, 5) is 49.7. The lowest BCUT2D eigenvalue weighted by molar-refractivity contribution is -0.141. The van der Waals surface area contributed by atoms with Gasteiger partial charge in [0.15, 0.2) is 0 Å². The van der Waals surface area contributed by atoms with Gasteiger partial charge in [0.05, 0.1) is 36.5 Å². The quantitative estimate of drug-likeness (QED) is 0.0982. The summed E-state index contributed by atoms with van der Waals surface area (Å²) in [5, 5.41) is 39.0. The molecule has 2 unspecified atom stereocenters. The molecule has 0 saturated carbocycles. The Morgan fingerprint density at radius 2 is 1.16 bits per heavy atom. The minimum Gasteiger partial charge on any atom is -0.481 e. The van der Waals surface area contributed by atoms with Crippen molar-refractivity contribution in [2.45, 2.75) is 113 Å². The number of rotatable bonds is 12. The van der Waals surface area contributed by atoms with Gasteiger partial charge >= 0.3 is 17.9 Å². The number of methoxy groups -OCH3 is 1. The molecule has 4 heterocycles. The van der Waals surface area contributed by atoms with E-state index in [1.807, 2.05) is 83.6 Å². The fraction of sp³-hybridized carbons (Fsp3) is 0.333. The summed E-state index contributed by atoms with van der Waals surface area (Å²) in [6.07, 6.45) is 2.10. The van der Waals surface area contributed by atoms with Gasteiger partial charge in [0, 0.05) is 50.1 Å². The van der Waals surface area contributed by atoms with Crippen LogP contribution in [-0.4, -0.2) is 89.1 Å². The maximum atomic E-state index is 13.2. The van der Waals surface area contributed by atoms with Gasteiger partial charge in [-0.1, -0.05) is 103 Å². The topological polar surface area (TPSA) is 195 Å². The third-order valence-electron chi connectivity index (χ3n) is 14.5. The summed E-state index contributed by atoms with van der Waals surface area (Å²) in [7, 11) is 1.44. The molecular weight excluding hydrogens is 945 g/mol. The van der Waals surface area contributed by atoms with Crippen molar-refractivity contribution >= 4 is 45.9 Å². The first kappa shape index (κ1) is 54.7. The molecule has 2 aliphatic rings. The second kappa shape index (κ2) is 24.3. The second-order valence-electron chi connectivity index (χ2n) is 19.0. The van der Waals surface area contributed by atoms with E-state index >= 15 is 0 Å². The highest BCUT2D eigenvalue weighted by Crippen LogP contribution is 2.37. The van der Waals surface area contributed by atoms with Crippen LogP contribution in [0.15, 0.2) is 109 Å². The van der Waals surface area contributed by atoms with Crippen molar-refractivity contribution < 1.29 is 34.1 Å². The molecule has 2 aromatic heterocycles. The molecule has 2 aliphatic heterocycles. The monoisotopic (exact) mass is 1010 g/mol. The smallest absolute Gasteiger partial charge is 0.335 e. The van der Waals surface area contributed by atoms with E-state index in [2.05, 4.69) is 82.3 Å². The largest absolute Gasteiger partial charge is 0.481 e. The Balaban J connectivity index is 0.000000186. The van der Waals surface area contributed by atoms with E-state index in [1.165, 1.54) is 23.8 Å². The van der Waals surface area contributed by atoms with E-state index in [0.29, 0.717) is 25.1 Å². The number of fused-ring (bicyclic) bond motifs is 4. The van der Waals surface area contributed by atoms with Gasteiger partial charge in [0.25, 0.3) is 5.91 Å². The number of amides is 1. The molecule has 75 heavy (non-hydrogen) atoms. The minimum atomic E-state index is -0.863. The molecule has 0 radical (unpaired) electrons. The van der Waals surface area contributed by atoms with Crippen molar-refractivity contribution in [2.24, 2.45) is 0 Å². The average Bonchev–Trinajstić information content (AvgIpc) is 4.05. The Bertz CT molecular complexity index is 3380. The zero-order valence-electron chi connectivity index (χ0n) is 43.2. The Labute approximate surface area is 438 Å². The summed E-state index contributed by atoms with van der Waals surface area (Å²) in [6.45, 7) is 16.4. The molecule has 2 atom stereocenters. The molecule has 0 bridgehead atoms. The first-order valence-corrected chi connectivity index (χ1v) is 25.2. The number of nitrogens with one attached hydrogen (secondary N) is 1. The van der Waals surface area contributed by atoms with Crippen molar-refractivity contribution in [3.63, 3.8) is 0 Å². The highest BCUT2D eigenvalue weighted by atomic mass is 16.5. The number of benzene rings is 6. The number of carboxylic acids is 2. The molecule has 0 aliphatic carbocycles. The number of esters is 1. The summed E-state index contributed by atoms with van der Waals surface area (Å²) < 4.78 is 8.74. The van der Waals surface area contributed by atoms with Gasteiger partial charge < -0.3 is 25.2 Å². The fourth-order valence-corrected chi connectivity index (χ4v) is 10.3. The second-order valence-corrected chi connectivity index (χ2v) is 19.0. The number of carbonyl (C=O) groups is 4. The van der Waals surface area contributed by atoms with Gasteiger partial charge in [-0.3, -0.25) is 14.4 Å². The lowest BCUT2D eigenvalue weighted by atomic mass is 9.83. The van der Waals surface area contributed by atoms with Crippen LogP contribution in [0.1, 0.15) is 133 Å². The fourth-order valence-electron chi connectivity index (χ4n) is 10.3. The molecular formula is C60H68N8O7. The summed E-state index contributed by atoms with van der Waals surface area (Å²) in [6, 6.07) is 35.6. The lowest BCUT2D eigenvalue weighted by Crippen LogP contribution is -2.36. The molecule has 3 N–H and O–H groups in total. The predicted molar refractivity (Wildman–Crippen MR) is 291 cm³/mol.